The van der Waals surface area contributed by atoms with Crippen LogP contribution in [0.1, 0.15) is 11.1 Å². The molecular weight excluding hydrogens is 350 g/mol. The molecule has 5 heteroatoms. The van der Waals surface area contributed by atoms with Crippen LogP contribution in [-0.2, 0) is 0 Å². The average molecular weight is 373 g/mol. The normalized spacial score (nSPS) is 11.6. The van der Waals surface area contributed by atoms with E-state index >= 15 is 0 Å². The van der Waals surface area contributed by atoms with Crippen molar-refractivity contribution in [3.63, 3.8) is 0 Å². The quantitative estimate of drug-likeness (QED) is 0.410. The van der Waals surface area contributed by atoms with Gasteiger partial charge in [0.05, 0.1) is 19.9 Å². The molecular formula is C23H23N3O2. The largest absolute Gasteiger partial charge is 0.493 e. The van der Waals surface area contributed by atoms with Crippen LogP contribution < -0.4 is 19.3 Å². The summed E-state index contributed by atoms with van der Waals surface area (Å²) in [4.78, 5) is 3.72. The van der Waals surface area contributed by atoms with Crippen LogP contribution in [0.4, 0.5) is 11.4 Å². The van der Waals surface area contributed by atoms with E-state index in [1.807, 2.05) is 42.1 Å². The number of anilines is 2. The second-order valence-electron chi connectivity index (χ2n) is 6.76. The molecule has 0 saturated heterocycles. The first-order chi connectivity index (χ1) is 13.5. The number of methoxy groups -OCH3 is 2. The van der Waals surface area contributed by atoms with Gasteiger partial charge in [-0.25, -0.2) is 0 Å². The molecule has 3 aromatic rings. The van der Waals surface area contributed by atoms with Crippen molar-refractivity contribution >= 4 is 40.3 Å². The van der Waals surface area contributed by atoms with Crippen LogP contribution in [0.2, 0.25) is 0 Å². The molecule has 1 N–H and O–H groups in total. The van der Waals surface area contributed by atoms with Gasteiger partial charge in [-0.3, -0.25) is 5.41 Å². The smallest absolute Gasteiger partial charge is 0.202 e. The van der Waals surface area contributed by atoms with Crippen LogP contribution in [0.15, 0.2) is 48.5 Å². The van der Waals surface area contributed by atoms with E-state index in [4.69, 9.17) is 14.9 Å². The molecule has 142 valence electrons. The van der Waals surface area contributed by atoms with Gasteiger partial charge in [0, 0.05) is 31.4 Å². The molecule has 0 fully saturated rings. The number of hydrogen-bond acceptors (Lipinski definition) is 3. The van der Waals surface area contributed by atoms with Gasteiger partial charge < -0.3 is 19.3 Å². The summed E-state index contributed by atoms with van der Waals surface area (Å²) in [7, 11) is 7.02. The third-order valence-electron chi connectivity index (χ3n) is 5.28. The Balaban J connectivity index is 1.68. The highest BCUT2D eigenvalue weighted by molar-refractivity contribution is 6.12. The van der Waals surface area contributed by atoms with Gasteiger partial charge in [-0.2, -0.15) is 0 Å². The first-order valence-corrected chi connectivity index (χ1v) is 9.07. The topological polar surface area (TPSA) is 48.8 Å². The van der Waals surface area contributed by atoms with E-state index in [-0.39, 0.29) is 0 Å². The van der Waals surface area contributed by atoms with Crippen molar-refractivity contribution in [3.8, 4) is 11.5 Å². The maximum atomic E-state index is 8.75. The molecule has 0 aliphatic heterocycles. The molecule has 1 aliphatic rings. The van der Waals surface area contributed by atoms with Crippen LogP contribution in [0.3, 0.4) is 0 Å². The van der Waals surface area contributed by atoms with Crippen LogP contribution in [0.25, 0.3) is 22.9 Å². The fraction of sp³-hybridized carbons (Fsp3) is 0.174. The summed E-state index contributed by atoms with van der Waals surface area (Å²) in [5, 5.41) is 11.2. The summed E-state index contributed by atoms with van der Waals surface area (Å²) >= 11 is 0. The lowest BCUT2D eigenvalue weighted by molar-refractivity contribution is 0.355. The monoisotopic (exact) mass is 373 g/mol. The Bertz CT molecular complexity index is 1100. The van der Waals surface area contributed by atoms with E-state index in [1.165, 1.54) is 16.3 Å². The zero-order valence-corrected chi connectivity index (χ0v) is 16.5. The lowest BCUT2D eigenvalue weighted by Gasteiger charge is -2.29. The van der Waals surface area contributed by atoms with Crippen molar-refractivity contribution in [1.29, 1.82) is 5.41 Å². The third kappa shape index (κ3) is 2.76. The summed E-state index contributed by atoms with van der Waals surface area (Å²) in [6.07, 6.45) is 4.27. The molecule has 0 heterocycles. The van der Waals surface area contributed by atoms with Crippen molar-refractivity contribution in [1.82, 2.24) is 0 Å². The van der Waals surface area contributed by atoms with Crippen molar-refractivity contribution in [2.75, 3.05) is 38.1 Å². The highest BCUT2D eigenvalue weighted by Crippen LogP contribution is 2.38. The predicted molar refractivity (Wildman–Crippen MR) is 117 cm³/mol. The zero-order valence-electron chi connectivity index (χ0n) is 16.5. The van der Waals surface area contributed by atoms with Crippen molar-refractivity contribution in [3.05, 3.63) is 59.7 Å². The van der Waals surface area contributed by atoms with Gasteiger partial charge in [-0.05, 0) is 34.5 Å². The van der Waals surface area contributed by atoms with Crippen LogP contribution in [0, 0.1) is 5.41 Å². The Morgan fingerprint density at radius 2 is 1.64 bits per heavy atom. The summed E-state index contributed by atoms with van der Waals surface area (Å²) < 4.78 is 10.7. The molecule has 0 amide bonds. The average Bonchev–Trinajstić information content (AvgIpc) is 3.17. The third-order valence-corrected chi connectivity index (χ3v) is 5.28. The highest BCUT2D eigenvalue weighted by atomic mass is 16.5. The Kier molecular flexibility index (Phi) is 4.43. The van der Waals surface area contributed by atoms with Crippen molar-refractivity contribution < 1.29 is 9.47 Å². The predicted octanol–water partition coefficient (Wildman–Crippen LogP) is 4.85. The second kappa shape index (κ2) is 6.93. The molecule has 3 aromatic carbocycles. The highest BCUT2D eigenvalue weighted by Gasteiger charge is 2.20. The summed E-state index contributed by atoms with van der Waals surface area (Å²) in [5.41, 5.74) is 4.23. The van der Waals surface area contributed by atoms with Gasteiger partial charge in [0.1, 0.15) is 0 Å². The molecule has 0 saturated carbocycles. The van der Waals surface area contributed by atoms with Crippen LogP contribution in [0.5, 0.6) is 11.5 Å². The Hall–Kier alpha value is -3.47. The van der Waals surface area contributed by atoms with E-state index in [1.54, 1.807) is 14.2 Å². The fourth-order valence-corrected chi connectivity index (χ4v) is 3.69. The molecule has 0 aromatic heterocycles. The number of benzene rings is 3. The van der Waals surface area contributed by atoms with Gasteiger partial charge in [0.25, 0.3) is 0 Å². The molecule has 4 rings (SSSR count). The molecule has 1 aliphatic carbocycles. The van der Waals surface area contributed by atoms with Crippen LogP contribution in [-0.4, -0.2) is 34.3 Å². The van der Waals surface area contributed by atoms with E-state index < -0.39 is 0 Å². The number of nitrogens with zero attached hydrogens (tertiary/aromatic N) is 2. The molecule has 0 spiro atoms. The maximum absolute atomic E-state index is 8.75. The minimum atomic E-state index is 0.362. The molecule has 0 radical (unpaired) electrons. The molecule has 0 unspecified atom stereocenters. The molecule has 28 heavy (non-hydrogen) atoms. The number of ether oxygens (including phenoxy) is 2. The first-order valence-electron chi connectivity index (χ1n) is 9.07. The van der Waals surface area contributed by atoms with Gasteiger partial charge in [-0.1, -0.05) is 36.4 Å². The number of hydrogen-bond donors (Lipinski definition) is 1. The Labute approximate surface area is 164 Å². The van der Waals surface area contributed by atoms with Crippen molar-refractivity contribution in [2.45, 2.75) is 0 Å². The SMILES string of the molecule is COc1ccc(N(C)C(=N)N(C)c2ccc3cccc4c3c2C=C4)cc1OC. The molecule has 0 atom stereocenters. The van der Waals surface area contributed by atoms with Gasteiger partial charge in [0.15, 0.2) is 11.5 Å². The van der Waals surface area contributed by atoms with E-state index in [2.05, 4.69) is 42.5 Å². The van der Waals surface area contributed by atoms with Gasteiger partial charge in [-0.15, -0.1) is 0 Å². The van der Waals surface area contributed by atoms with E-state index in [0.29, 0.717) is 17.5 Å². The summed E-state index contributed by atoms with van der Waals surface area (Å²) in [5.74, 6) is 1.67. The van der Waals surface area contributed by atoms with Gasteiger partial charge >= 0.3 is 0 Å². The molecule has 0 bridgehead atoms. The number of nitrogens with one attached hydrogen (secondary N) is 1. The second-order valence-corrected chi connectivity index (χ2v) is 6.76. The molecule has 5 nitrogen and oxygen atoms in total. The Morgan fingerprint density at radius 1 is 0.857 bits per heavy atom. The van der Waals surface area contributed by atoms with E-state index in [0.717, 1.165) is 16.9 Å². The summed E-state index contributed by atoms with van der Waals surface area (Å²) in [6, 6.07) is 16.2. The maximum Gasteiger partial charge on any atom is 0.202 e. The number of guanidine groups is 1. The Morgan fingerprint density at radius 3 is 2.39 bits per heavy atom. The fourth-order valence-electron chi connectivity index (χ4n) is 3.69. The first kappa shape index (κ1) is 17.9. The standard InChI is InChI=1S/C23H23N3O2/c1-25(17-10-13-20(27-3)21(14-17)28-4)23(24)26(2)19-12-9-16-7-5-6-15-8-11-18(19)22(15)16/h5-14,24H,1-4H3. The summed E-state index contributed by atoms with van der Waals surface area (Å²) in [6.45, 7) is 0. The lowest BCUT2D eigenvalue weighted by Crippen LogP contribution is -2.40. The number of rotatable bonds is 4. The lowest BCUT2D eigenvalue weighted by atomic mass is 10.0. The van der Waals surface area contributed by atoms with Crippen LogP contribution >= 0.6 is 0 Å². The van der Waals surface area contributed by atoms with Gasteiger partial charge in [0.2, 0.25) is 5.96 Å². The minimum Gasteiger partial charge on any atom is -0.493 e. The van der Waals surface area contributed by atoms with E-state index in [9.17, 15) is 0 Å². The zero-order chi connectivity index (χ0) is 19.8. The minimum absolute atomic E-state index is 0.362. The van der Waals surface area contributed by atoms with Crippen molar-refractivity contribution in [2.24, 2.45) is 0 Å².